The van der Waals surface area contributed by atoms with Crippen LogP contribution in [0.15, 0.2) is 42.5 Å². The van der Waals surface area contributed by atoms with Gasteiger partial charge in [0.25, 0.3) is 11.6 Å². The van der Waals surface area contributed by atoms with Crippen LogP contribution in [0.3, 0.4) is 0 Å². The average Bonchev–Trinajstić information content (AvgIpc) is 3.02. The second kappa shape index (κ2) is 5.96. The largest absolute Gasteiger partial charge is 0.454 e. The highest BCUT2D eigenvalue weighted by Crippen LogP contribution is 2.34. The summed E-state index contributed by atoms with van der Waals surface area (Å²) in [6.07, 6.45) is 0. The Bertz CT molecular complexity index is 775. The van der Waals surface area contributed by atoms with Crippen molar-refractivity contribution in [2.45, 2.75) is 13.0 Å². The summed E-state index contributed by atoms with van der Waals surface area (Å²) in [7, 11) is 0. The number of nitro benzene ring substituents is 1. The van der Waals surface area contributed by atoms with E-state index < -0.39 is 4.92 Å². The molecule has 0 aromatic heterocycles. The number of hydrogen-bond acceptors (Lipinski definition) is 5. The summed E-state index contributed by atoms with van der Waals surface area (Å²) in [6, 6.07) is 10.8. The van der Waals surface area contributed by atoms with Crippen LogP contribution < -0.4 is 14.8 Å². The molecule has 0 fully saturated rings. The fraction of sp³-hybridized carbons (Fsp3) is 0.188. The first-order valence-electron chi connectivity index (χ1n) is 6.99. The van der Waals surface area contributed by atoms with E-state index in [4.69, 9.17) is 9.47 Å². The lowest BCUT2D eigenvalue weighted by Gasteiger charge is -2.14. The van der Waals surface area contributed by atoms with E-state index in [1.807, 2.05) is 13.0 Å². The number of nitro groups is 1. The molecule has 0 radical (unpaired) electrons. The molecule has 23 heavy (non-hydrogen) atoms. The Balaban J connectivity index is 1.74. The molecule has 7 heteroatoms. The van der Waals surface area contributed by atoms with Crippen LogP contribution in [0.5, 0.6) is 11.5 Å². The molecule has 1 atom stereocenters. The minimum Gasteiger partial charge on any atom is -0.454 e. The van der Waals surface area contributed by atoms with Crippen molar-refractivity contribution in [3.63, 3.8) is 0 Å². The third kappa shape index (κ3) is 3.08. The number of carbonyl (C=O) groups is 1. The number of rotatable bonds is 4. The smallest absolute Gasteiger partial charge is 0.270 e. The molecule has 2 aromatic rings. The van der Waals surface area contributed by atoms with Crippen molar-refractivity contribution in [3.8, 4) is 11.5 Å². The number of non-ortho nitro benzene ring substituents is 1. The first kappa shape index (κ1) is 14.8. The van der Waals surface area contributed by atoms with Gasteiger partial charge >= 0.3 is 0 Å². The van der Waals surface area contributed by atoms with Crippen LogP contribution in [0.4, 0.5) is 5.69 Å². The second-order valence-corrected chi connectivity index (χ2v) is 5.12. The molecular formula is C16H14N2O5. The molecule has 0 saturated heterocycles. The lowest BCUT2D eigenvalue weighted by molar-refractivity contribution is -0.384. The number of nitrogens with one attached hydrogen (secondary N) is 1. The summed E-state index contributed by atoms with van der Waals surface area (Å²) in [6.45, 7) is 2.01. The molecule has 1 N–H and O–H groups in total. The maximum atomic E-state index is 12.2. The summed E-state index contributed by atoms with van der Waals surface area (Å²) < 4.78 is 10.6. The highest BCUT2D eigenvalue weighted by atomic mass is 16.7. The molecule has 3 rings (SSSR count). The molecule has 1 amide bonds. The van der Waals surface area contributed by atoms with Crippen molar-refractivity contribution in [2.24, 2.45) is 0 Å². The lowest BCUT2D eigenvalue weighted by atomic mass is 10.1. The molecule has 0 spiro atoms. The Kier molecular flexibility index (Phi) is 3.84. The van der Waals surface area contributed by atoms with E-state index in [1.54, 1.807) is 12.1 Å². The number of amides is 1. The standard InChI is InChI=1S/C16H14N2O5/c1-10(11-5-6-14-15(8-11)23-9-22-14)17-16(19)12-3-2-4-13(7-12)18(20)21/h2-8,10H,9H2,1H3,(H,17,19). The van der Waals surface area contributed by atoms with Crippen LogP contribution in [0.1, 0.15) is 28.9 Å². The van der Waals surface area contributed by atoms with Crippen LogP contribution in [-0.4, -0.2) is 17.6 Å². The maximum absolute atomic E-state index is 12.2. The van der Waals surface area contributed by atoms with Crippen molar-refractivity contribution in [1.29, 1.82) is 0 Å². The lowest BCUT2D eigenvalue weighted by Crippen LogP contribution is -2.26. The van der Waals surface area contributed by atoms with Crippen LogP contribution in [0, 0.1) is 10.1 Å². The summed E-state index contributed by atoms with van der Waals surface area (Å²) in [4.78, 5) is 22.5. The Morgan fingerprint density at radius 1 is 1.22 bits per heavy atom. The molecular weight excluding hydrogens is 300 g/mol. The molecule has 1 heterocycles. The minimum atomic E-state index is -0.530. The number of ether oxygens (including phenoxy) is 2. The quantitative estimate of drug-likeness (QED) is 0.692. The molecule has 1 unspecified atom stereocenters. The number of hydrogen-bond donors (Lipinski definition) is 1. The number of nitrogens with zero attached hydrogens (tertiary/aromatic N) is 1. The third-order valence-electron chi connectivity index (χ3n) is 3.56. The Morgan fingerprint density at radius 3 is 2.78 bits per heavy atom. The van der Waals surface area contributed by atoms with E-state index in [0.29, 0.717) is 11.5 Å². The highest BCUT2D eigenvalue weighted by Gasteiger charge is 2.18. The molecule has 7 nitrogen and oxygen atoms in total. The fourth-order valence-electron chi connectivity index (χ4n) is 2.31. The highest BCUT2D eigenvalue weighted by molar-refractivity contribution is 5.95. The van der Waals surface area contributed by atoms with Crippen molar-refractivity contribution >= 4 is 11.6 Å². The molecule has 1 aliphatic rings. The van der Waals surface area contributed by atoms with Gasteiger partial charge in [-0.15, -0.1) is 0 Å². The summed E-state index contributed by atoms with van der Waals surface area (Å²) in [5, 5.41) is 13.6. The second-order valence-electron chi connectivity index (χ2n) is 5.12. The molecule has 0 saturated carbocycles. The first-order chi connectivity index (χ1) is 11.0. The number of fused-ring (bicyclic) bond motifs is 1. The zero-order valence-corrected chi connectivity index (χ0v) is 12.3. The van der Waals surface area contributed by atoms with Crippen LogP contribution in [-0.2, 0) is 0 Å². The molecule has 118 valence electrons. The molecule has 0 bridgehead atoms. The monoisotopic (exact) mass is 314 g/mol. The van der Waals surface area contributed by atoms with Gasteiger partial charge < -0.3 is 14.8 Å². The zero-order chi connectivity index (χ0) is 16.4. The van der Waals surface area contributed by atoms with Crippen molar-refractivity contribution in [1.82, 2.24) is 5.32 Å². The summed E-state index contributed by atoms with van der Waals surface area (Å²) >= 11 is 0. The number of benzene rings is 2. The minimum absolute atomic E-state index is 0.117. The first-order valence-corrected chi connectivity index (χ1v) is 6.99. The van der Waals surface area contributed by atoms with Gasteiger partial charge in [0.05, 0.1) is 11.0 Å². The van der Waals surface area contributed by atoms with Gasteiger partial charge in [-0.3, -0.25) is 14.9 Å². The van der Waals surface area contributed by atoms with Crippen LogP contribution >= 0.6 is 0 Å². The van der Waals surface area contributed by atoms with Gasteiger partial charge in [0.1, 0.15) is 0 Å². The SMILES string of the molecule is CC(NC(=O)c1cccc([N+](=O)[O-])c1)c1ccc2c(c1)OCO2. The van der Waals surface area contributed by atoms with E-state index in [2.05, 4.69) is 5.32 Å². The predicted octanol–water partition coefficient (Wildman–Crippen LogP) is 2.81. The summed E-state index contributed by atoms with van der Waals surface area (Å²) in [5.74, 6) is 0.934. The van der Waals surface area contributed by atoms with Gasteiger partial charge in [-0.1, -0.05) is 12.1 Å². The predicted molar refractivity (Wildman–Crippen MR) is 81.5 cm³/mol. The fourth-order valence-corrected chi connectivity index (χ4v) is 2.31. The normalized spacial score (nSPS) is 13.4. The Labute approximate surface area is 132 Å². The van der Waals surface area contributed by atoms with E-state index >= 15 is 0 Å². The van der Waals surface area contributed by atoms with Gasteiger partial charge in [0, 0.05) is 17.7 Å². The Morgan fingerprint density at radius 2 is 2.00 bits per heavy atom. The van der Waals surface area contributed by atoms with Gasteiger partial charge in [0.2, 0.25) is 6.79 Å². The van der Waals surface area contributed by atoms with Gasteiger partial charge in [0.15, 0.2) is 11.5 Å². The van der Waals surface area contributed by atoms with Crippen LogP contribution in [0.25, 0.3) is 0 Å². The van der Waals surface area contributed by atoms with E-state index in [1.165, 1.54) is 24.3 Å². The zero-order valence-electron chi connectivity index (χ0n) is 12.3. The van der Waals surface area contributed by atoms with Gasteiger partial charge in [-0.05, 0) is 30.7 Å². The maximum Gasteiger partial charge on any atom is 0.270 e. The van der Waals surface area contributed by atoms with Gasteiger partial charge in [-0.2, -0.15) is 0 Å². The van der Waals surface area contributed by atoms with Crippen molar-refractivity contribution < 1.29 is 19.2 Å². The van der Waals surface area contributed by atoms with Crippen molar-refractivity contribution in [3.05, 3.63) is 63.7 Å². The van der Waals surface area contributed by atoms with E-state index in [0.717, 1.165) is 5.56 Å². The van der Waals surface area contributed by atoms with E-state index in [9.17, 15) is 14.9 Å². The average molecular weight is 314 g/mol. The summed E-state index contributed by atoms with van der Waals surface area (Å²) in [5.41, 5.74) is 0.980. The number of carbonyl (C=O) groups excluding carboxylic acids is 1. The van der Waals surface area contributed by atoms with Gasteiger partial charge in [-0.25, -0.2) is 0 Å². The van der Waals surface area contributed by atoms with Crippen molar-refractivity contribution in [2.75, 3.05) is 6.79 Å². The van der Waals surface area contributed by atoms with E-state index in [-0.39, 0.29) is 30.0 Å². The molecule has 0 aliphatic carbocycles. The van der Waals surface area contributed by atoms with Crippen LogP contribution in [0.2, 0.25) is 0 Å². The topological polar surface area (TPSA) is 90.7 Å². The molecule has 2 aromatic carbocycles. The Hall–Kier alpha value is -3.09. The third-order valence-corrected chi connectivity index (χ3v) is 3.56. The molecule has 1 aliphatic heterocycles.